The Labute approximate surface area is 837 Å². The number of aryl methyl sites for hydroxylation is 3. The first-order valence-electron chi connectivity index (χ1n) is 36.5. The van der Waals surface area contributed by atoms with Crippen LogP contribution in [-0.4, -0.2) is 108 Å². The molecule has 656 valence electrons. The SMILES string of the molecule is C.C.CC(C)(C)OC(=O)CCCBr.Cc1cnccc1-c1cccc([C@H](C)N(CCCC(=O)O)S(=O)(=O)c2ccccc2C(F)(F)F)c1.Cc1cnccc1-c1cccc([C@H](C)N(CCCC(=O)OC(C)(C)C)S(=O)(=O)c2ccccc2C(F)(F)F)c1.Cc1cnccc1-c1cccc([C@H](C)NS(=O)(=O)c2ccccc2C(F)(F)F)c1.O=CO[O-].[Cs+].[Cs+].[H-]. The van der Waals surface area contributed by atoms with E-state index in [2.05, 4.69) is 40.5 Å². The molecule has 3 heterocycles. The number of nitrogens with zero attached hydrogens (tertiary/aromatic N) is 5. The van der Waals surface area contributed by atoms with Crippen molar-refractivity contribution in [1.82, 2.24) is 28.3 Å². The second kappa shape index (κ2) is 51.9. The fourth-order valence-electron chi connectivity index (χ4n) is 11.8. The van der Waals surface area contributed by atoms with Crippen LogP contribution in [0.25, 0.3) is 33.4 Å². The maximum absolute atomic E-state index is 13.8. The smallest absolute Gasteiger partial charge is 1.00 e. The quantitative estimate of drug-likeness (QED) is 0.0121. The summed E-state index contributed by atoms with van der Waals surface area (Å²) in [5.41, 5.74) is 5.02. The fraction of sp³-hybridized carbons (Fsp3) is 0.360. The van der Waals surface area contributed by atoms with Gasteiger partial charge in [-0.25, -0.2) is 30.0 Å². The Morgan fingerprint density at radius 3 is 1.11 bits per heavy atom. The molecule has 122 heavy (non-hydrogen) atoms. The summed E-state index contributed by atoms with van der Waals surface area (Å²) < 4.78 is 217. The van der Waals surface area contributed by atoms with E-state index in [4.69, 9.17) is 24.6 Å². The maximum Gasteiger partial charge on any atom is 1.00 e. The Bertz CT molecular complexity index is 5230. The van der Waals surface area contributed by atoms with Crippen LogP contribution in [0.2, 0.25) is 0 Å². The number of hydrogen-bond donors (Lipinski definition) is 2. The molecule has 0 aliphatic carbocycles. The number of carboxylic acids is 1. The largest absolute Gasteiger partial charge is 1.00 e. The zero-order valence-electron chi connectivity index (χ0n) is 69.6. The molecule has 0 saturated heterocycles. The van der Waals surface area contributed by atoms with Crippen molar-refractivity contribution in [2.45, 2.75) is 199 Å². The first kappa shape index (κ1) is 114. The molecule has 36 heteroatoms. The van der Waals surface area contributed by atoms with Gasteiger partial charge in [-0.2, -0.15) is 48.1 Å². The monoisotopic (exact) mass is 2070 g/mol. The number of ether oxygens (including phenoxy) is 2. The number of esters is 2. The summed E-state index contributed by atoms with van der Waals surface area (Å²) in [4.78, 5) is 55.3. The van der Waals surface area contributed by atoms with Crippen molar-refractivity contribution in [3.63, 3.8) is 0 Å². The number of alkyl halides is 10. The molecule has 2 N–H and O–H groups in total. The molecule has 0 bridgehead atoms. The van der Waals surface area contributed by atoms with Gasteiger partial charge >= 0.3 is 174 Å². The third kappa shape index (κ3) is 35.8. The van der Waals surface area contributed by atoms with Gasteiger partial charge in [0.15, 0.2) is 0 Å². The second-order valence-electron chi connectivity index (χ2n) is 28.6. The summed E-state index contributed by atoms with van der Waals surface area (Å²) in [7, 11) is -13.7. The minimum absolute atomic E-state index is 0. The molecule has 6 aromatic carbocycles. The van der Waals surface area contributed by atoms with Gasteiger partial charge in [0.25, 0.3) is 6.47 Å². The molecule has 0 fully saturated rings. The van der Waals surface area contributed by atoms with E-state index in [1.807, 2.05) is 90.1 Å². The van der Waals surface area contributed by atoms with Gasteiger partial charge in [-0.1, -0.05) is 122 Å². The molecule has 0 spiro atoms. The van der Waals surface area contributed by atoms with Gasteiger partial charge in [-0.05, 0) is 242 Å². The number of benzene rings is 6. The summed E-state index contributed by atoms with van der Waals surface area (Å²) in [5.74, 6) is -1.75. The number of sulfonamides is 3. The summed E-state index contributed by atoms with van der Waals surface area (Å²) in [6, 6.07) is 36.8. The predicted octanol–water partition coefficient (Wildman–Crippen LogP) is 14.1. The van der Waals surface area contributed by atoms with Crippen molar-refractivity contribution in [3.05, 3.63) is 251 Å². The number of aliphatic carboxylic acids is 1. The second-order valence-corrected chi connectivity index (χ2v) is 34.8. The molecule has 3 atom stereocenters. The number of aromatic nitrogens is 3. The van der Waals surface area contributed by atoms with Gasteiger partial charge in [0, 0.05) is 93.0 Å². The van der Waals surface area contributed by atoms with Gasteiger partial charge in [0.2, 0.25) is 30.1 Å². The third-order valence-corrected chi connectivity index (χ3v) is 23.5. The number of rotatable bonds is 27. The van der Waals surface area contributed by atoms with Crippen LogP contribution in [0, 0.1) is 20.8 Å². The molecule has 9 aromatic rings. The molecule has 0 aliphatic rings. The summed E-state index contributed by atoms with van der Waals surface area (Å²) in [6.45, 7) is 20.6. The van der Waals surface area contributed by atoms with Crippen molar-refractivity contribution < 1.29 is 248 Å². The molecule has 0 unspecified atom stereocenters. The number of hydrogen-bond acceptors (Lipinski definition) is 17. The van der Waals surface area contributed by atoms with Crippen LogP contribution in [0.4, 0.5) is 39.5 Å². The van der Waals surface area contributed by atoms with Crippen molar-refractivity contribution in [2.24, 2.45) is 0 Å². The first-order chi connectivity index (χ1) is 55.0. The Hall–Kier alpha value is -5.71. The van der Waals surface area contributed by atoms with E-state index in [0.717, 1.165) is 125 Å². The van der Waals surface area contributed by atoms with Gasteiger partial charge in [0.1, 0.15) is 11.2 Å². The molecule has 21 nitrogen and oxygen atoms in total. The van der Waals surface area contributed by atoms with Gasteiger partial charge in [0.05, 0.1) is 31.4 Å². The minimum atomic E-state index is -4.88. The van der Waals surface area contributed by atoms with Crippen molar-refractivity contribution >= 4 is 70.4 Å². The van der Waals surface area contributed by atoms with Crippen molar-refractivity contribution in [1.29, 1.82) is 0 Å². The zero-order valence-corrected chi connectivity index (χ0v) is 85.2. The normalized spacial score (nSPS) is 12.4. The van der Waals surface area contributed by atoms with E-state index in [0.29, 0.717) is 23.1 Å². The average molecular weight is 2070 g/mol. The van der Waals surface area contributed by atoms with Crippen LogP contribution in [-0.2, 0) is 82.1 Å². The summed E-state index contributed by atoms with van der Waals surface area (Å²) in [5, 5.41) is 18.3. The molecule has 0 radical (unpaired) electrons. The van der Waals surface area contributed by atoms with Crippen LogP contribution in [0.5, 0.6) is 0 Å². The zero-order chi connectivity index (χ0) is 88.4. The van der Waals surface area contributed by atoms with Crippen LogP contribution in [0.15, 0.2) is 216 Å². The van der Waals surface area contributed by atoms with E-state index < -0.39 is 116 Å². The fourth-order valence-corrected chi connectivity index (χ4v) is 17.3. The average Bonchev–Trinajstić information content (AvgIpc) is 0.790. The number of carboxylic acid groups (broad SMARTS) is 1. The molecule has 0 saturated carbocycles. The van der Waals surface area contributed by atoms with Crippen LogP contribution >= 0.6 is 15.9 Å². The Morgan fingerprint density at radius 2 is 0.795 bits per heavy atom. The van der Waals surface area contributed by atoms with Gasteiger partial charge in [-0.15, -0.1) is 0 Å². The predicted molar refractivity (Wildman–Crippen MR) is 443 cm³/mol. The van der Waals surface area contributed by atoms with E-state index in [-0.39, 0.29) is 211 Å². The number of nitrogens with one attached hydrogen (secondary N) is 1. The standard InChI is InChI=1S/C29H33F3N2O4S.C25H25F3N2O4S.C21H19F3N2O2S.C8H15BrO2.CH2O3.2CH4.2Cs.H/c1-20-19-33-16-15-24(20)23-11-8-10-22(18-23)21(2)34(17-9-14-27(35)38-28(3,4)5)39(36,37)26-13-7-6-12-25(26)29(30,31)32;1-17-16-29-13-12-21(17)20-8-5-7-19(15-20)18(2)30(14-6-11-24(31)32)35(33,34)23-10-4-3-9-22(23)25(26,27)28;1-14-13-25-11-10-18(14)17-7-5-6-16(12-17)15(2)26-29(27,28)20-9-4-3-8-19(20)21(22,23)24;1-8(2,3)11-7(10)5-4-6-9;2-1-4-3;;;;;/h6-8,10-13,15-16,18-19,21H,9,14,17H2,1-5H3;3-5,7-10,12-13,15-16,18H,6,11,14H2,1-2H3,(H,31,32);3-13,15,26H,1-2H3;4-6H2,1-3H3;1,3H;2*1H4;;;/q;;;;;;;2*+1;-1/p-1/t21-;18-;15-;;;;;;;/m000......./s1. The molecule has 3 aromatic heterocycles. The number of pyridine rings is 3. The Balaban J connectivity index is 0.00000165. The third-order valence-electron chi connectivity index (χ3n) is 17.3. The maximum atomic E-state index is 13.8. The van der Waals surface area contributed by atoms with Crippen molar-refractivity contribution in [2.75, 3.05) is 18.4 Å². The minimum Gasteiger partial charge on any atom is -1.00 e. The Kier molecular flexibility index (Phi) is 48.7. The van der Waals surface area contributed by atoms with Crippen molar-refractivity contribution in [3.8, 4) is 33.4 Å². The summed E-state index contributed by atoms with van der Waals surface area (Å²) in [6.07, 6.45) is -3.49. The van der Waals surface area contributed by atoms with Gasteiger partial charge in [-0.3, -0.25) is 34.1 Å². The molecule has 0 amide bonds. The number of carbonyl (C=O) groups is 4. The van der Waals surface area contributed by atoms with E-state index in [1.54, 1.807) is 121 Å². The Morgan fingerprint density at radius 1 is 0.492 bits per heavy atom. The summed E-state index contributed by atoms with van der Waals surface area (Å²) >= 11 is 3.25. The van der Waals surface area contributed by atoms with Crippen LogP contribution < -0.4 is 148 Å². The van der Waals surface area contributed by atoms with Gasteiger partial charge < -0.3 is 26.2 Å². The molecular weight excluding hydrogens is 1970 g/mol. The van der Waals surface area contributed by atoms with E-state index in [9.17, 15) is 79.2 Å². The number of carbonyl (C=O) groups excluding carboxylic acids is 3. The molecule has 0 aliphatic heterocycles. The molecular formula is C86H102BrCs2F9N6O15S3. The first-order valence-corrected chi connectivity index (χ1v) is 42.0. The van der Waals surface area contributed by atoms with E-state index in [1.165, 1.54) is 18.2 Å². The van der Waals surface area contributed by atoms with E-state index >= 15 is 0 Å². The number of halogens is 10. The van der Waals surface area contributed by atoms with Crippen LogP contribution in [0.3, 0.4) is 0 Å². The topological polar surface area (TPSA) is 299 Å². The molecule has 9 rings (SSSR count). The van der Waals surface area contributed by atoms with Crippen LogP contribution in [0.1, 0.15) is 185 Å².